The first-order chi connectivity index (χ1) is 11.4. The number of rotatable bonds is 7. The van der Waals surface area contributed by atoms with Crippen LogP contribution in [0.2, 0.25) is 18.1 Å². The van der Waals surface area contributed by atoms with E-state index < -0.39 is 8.32 Å². The summed E-state index contributed by atoms with van der Waals surface area (Å²) in [6, 6.07) is 4.41. The van der Waals surface area contributed by atoms with Crippen LogP contribution in [0.15, 0.2) is 17.0 Å². The fourth-order valence-corrected chi connectivity index (χ4v) is 5.50. The molecule has 0 bridgehead atoms. The van der Waals surface area contributed by atoms with E-state index in [0.29, 0.717) is 12.8 Å². The van der Waals surface area contributed by atoms with Crippen molar-refractivity contribution >= 4 is 26.0 Å². The largest absolute Gasteiger partial charge is 0.469 e. The highest BCUT2D eigenvalue weighted by atomic mass is 32.2. The quantitative estimate of drug-likeness (QED) is 0.250. The zero-order chi connectivity index (χ0) is 19.4. The van der Waals surface area contributed by atoms with E-state index in [1.54, 1.807) is 11.8 Å². The molecule has 0 aromatic heterocycles. The molecule has 0 saturated carbocycles. The predicted molar refractivity (Wildman–Crippen MR) is 110 cm³/mol. The predicted octanol–water partition coefficient (Wildman–Crippen LogP) is 6.01. The molecule has 0 aliphatic rings. The molecular weight excluding hydrogens is 348 g/mol. The summed E-state index contributed by atoms with van der Waals surface area (Å²) in [5.41, 5.74) is 3.77. The Labute approximate surface area is 159 Å². The molecule has 25 heavy (non-hydrogen) atoms. The van der Waals surface area contributed by atoms with Gasteiger partial charge in [0.25, 0.3) is 0 Å². The van der Waals surface area contributed by atoms with Crippen LogP contribution >= 0.6 is 11.8 Å². The molecule has 0 aliphatic heterocycles. The molecule has 0 saturated heterocycles. The van der Waals surface area contributed by atoms with Crippen LogP contribution in [0.4, 0.5) is 0 Å². The molecule has 1 aromatic rings. The number of ether oxygens (including phenoxy) is 1. The highest BCUT2D eigenvalue weighted by molar-refractivity contribution is 8.00. The summed E-state index contributed by atoms with van der Waals surface area (Å²) in [5.74, 6) is -0.179. The second kappa shape index (κ2) is 8.74. The monoisotopic (exact) mass is 382 g/mol. The molecule has 0 spiro atoms. The zero-order valence-electron chi connectivity index (χ0n) is 17.3. The first-order valence-electron chi connectivity index (χ1n) is 8.86. The number of aryl methyl sites for hydroxylation is 3. The van der Waals surface area contributed by atoms with Crippen molar-refractivity contribution in [3.63, 3.8) is 0 Å². The topological polar surface area (TPSA) is 35.5 Å². The Morgan fingerprint density at radius 2 is 1.68 bits per heavy atom. The Morgan fingerprint density at radius 3 is 2.12 bits per heavy atom. The van der Waals surface area contributed by atoms with Gasteiger partial charge in [-0.3, -0.25) is 4.79 Å². The number of hydrogen-bond donors (Lipinski definition) is 0. The summed E-state index contributed by atoms with van der Waals surface area (Å²) in [7, 11) is -0.485. The number of methoxy groups -OCH3 is 1. The van der Waals surface area contributed by atoms with E-state index in [4.69, 9.17) is 9.16 Å². The summed E-state index contributed by atoms with van der Waals surface area (Å²) in [5, 5.41) is 0.133. The fourth-order valence-electron chi connectivity index (χ4n) is 2.47. The third-order valence-corrected chi connectivity index (χ3v) is 11.0. The van der Waals surface area contributed by atoms with Crippen molar-refractivity contribution in [2.75, 3.05) is 7.11 Å². The fraction of sp³-hybridized carbons (Fsp3) is 0.650. The van der Waals surface area contributed by atoms with E-state index in [9.17, 15) is 4.79 Å². The van der Waals surface area contributed by atoms with E-state index in [0.717, 1.165) is 0 Å². The lowest BCUT2D eigenvalue weighted by Crippen LogP contribution is -2.43. The van der Waals surface area contributed by atoms with Crippen LogP contribution in [0.25, 0.3) is 0 Å². The van der Waals surface area contributed by atoms with Crippen molar-refractivity contribution in [2.45, 2.75) is 82.8 Å². The Balaban J connectivity index is 3.05. The number of carbonyl (C=O) groups is 1. The average Bonchev–Trinajstić information content (AvgIpc) is 2.46. The molecule has 0 radical (unpaired) electrons. The number of thioether (sulfide) groups is 1. The second-order valence-corrected chi connectivity index (χ2v) is 14.2. The van der Waals surface area contributed by atoms with Gasteiger partial charge in [-0.1, -0.05) is 50.2 Å². The molecule has 0 fully saturated rings. The van der Waals surface area contributed by atoms with Gasteiger partial charge in [0.05, 0.1) is 12.5 Å². The molecule has 0 aliphatic carbocycles. The molecule has 1 atom stereocenters. The summed E-state index contributed by atoms with van der Waals surface area (Å²) >= 11 is 1.75. The van der Waals surface area contributed by atoms with Crippen molar-refractivity contribution in [1.82, 2.24) is 0 Å². The van der Waals surface area contributed by atoms with Crippen molar-refractivity contribution in [3.8, 4) is 0 Å². The molecule has 5 heteroatoms. The molecule has 1 rings (SSSR count). The lowest BCUT2D eigenvalue weighted by molar-refractivity contribution is -0.140. The molecule has 0 unspecified atom stereocenters. The minimum Gasteiger partial charge on any atom is -0.469 e. The summed E-state index contributed by atoms with van der Waals surface area (Å²) in [6.07, 6.45) is 1.04. The van der Waals surface area contributed by atoms with Crippen molar-refractivity contribution in [2.24, 2.45) is 0 Å². The molecule has 0 amide bonds. The minimum atomic E-state index is -1.92. The highest BCUT2D eigenvalue weighted by Crippen LogP contribution is 2.41. The molecule has 0 heterocycles. The lowest BCUT2D eigenvalue weighted by atomic mass is 10.1. The van der Waals surface area contributed by atoms with Gasteiger partial charge in [0.15, 0.2) is 8.32 Å². The first kappa shape index (κ1) is 22.3. The minimum absolute atomic E-state index is 0.0416. The Bertz CT molecular complexity index is 582. The summed E-state index contributed by atoms with van der Waals surface area (Å²) < 4.78 is 11.5. The molecule has 0 N–H and O–H groups in total. The van der Waals surface area contributed by atoms with Gasteiger partial charge in [0.1, 0.15) is 0 Å². The maximum Gasteiger partial charge on any atom is 0.305 e. The number of carbonyl (C=O) groups excluding carboxylic acids is 1. The normalized spacial score (nSPS) is 13.6. The lowest BCUT2D eigenvalue weighted by Gasteiger charge is -2.39. The van der Waals surface area contributed by atoms with E-state index in [-0.39, 0.29) is 16.4 Å². The van der Waals surface area contributed by atoms with Crippen molar-refractivity contribution in [3.05, 3.63) is 28.8 Å². The SMILES string of the molecule is COC(=O)CC[C@H](O[Si](C)(C)C(C)(C)C)Sc1c(C)cc(C)cc1C. The zero-order valence-corrected chi connectivity index (χ0v) is 19.1. The second-order valence-electron chi connectivity index (χ2n) is 8.27. The maximum absolute atomic E-state index is 11.6. The average molecular weight is 383 g/mol. The van der Waals surface area contributed by atoms with E-state index in [1.165, 1.54) is 28.7 Å². The van der Waals surface area contributed by atoms with Crippen LogP contribution in [0.5, 0.6) is 0 Å². The first-order valence-corrected chi connectivity index (χ1v) is 12.7. The van der Waals surface area contributed by atoms with Crippen molar-refractivity contribution < 1.29 is 14.0 Å². The van der Waals surface area contributed by atoms with Gasteiger partial charge >= 0.3 is 5.97 Å². The summed E-state index contributed by atoms with van der Waals surface area (Å²) in [4.78, 5) is 12.9. The van der Waals surface area contributed by atoms with Gasteiger partial charge in [-0.2, -0.15) is 0 Å². The van der Waals surface area contributed by atoms with Gasteiger partial charge in [0, 0.05) is 11.3 Å². The summed E-state index contributed by atoms with van der Waals surface area (Å²) in [6.45, 7) is 17.6. The van der Waals surface area contributed by atoms with E-state index in [1.807, 2.05) is 0 Å². The van der Waals surface area contributed by atoms with Crippen LogP contribution in [0.1, 0.15) is 50.3 Å². The smallest absolute Gasteiger partial charge is 0.305 e. The Kier molecular flexibility index (Phi) is 7.78. The van der Waals surface area contributed by atoms with Gasteiger partial charge in [0.2, 0.25) is 0 Å². The Hall–Kier alpha value is -0.783. The molecular formula is C20H34O3SSi. The number of esters is 1. The van der Waals surface area contributed by atoms with Crippen LogP contribution < -0.4 is 0 Å². The highest BCUT2D eigenvalue weighted by Gasteiger charge is 2.39. The molecule has 3 nitrogen and oxygen atoms in total. The molecule has 1 aromatic carbocycles. The third kappa shape index (κ3) is 6.46. The van der Waals surface area contributed by atoms with Crippen LogP contribution in [-0.4, -0.2) is 26.8 Å². The number of hydrogen-bond acceptors (Lipinski definition) is 4. The van der Waals surface area contributed by atoms with Gasteiger partial charge in [-0.05, 0) is 56.5 Å². The van der Waals surface area contributed by atoms with Gasteiger partial charge in [-0.15, -0.1) is 0 Å². The van der Waals surface area contributed by atoms with Gasteiger partial charge < -0.3 is 9.16 Å². The van der Waals surface area contributed by atoms with Crippen molar-refractivity contribution in [1.29, 1.82) is 0 Å². The molecule has 142 valence electrons. The maximum atomic E-state index is 11.6. The Morgan fingerprint density at radius 1 is 1.16 bits per heavy atom. The van der Waals surface area contributed by atoms with Gasteiger partial charge in [-0.25, -0.2) is 0 Å². The van der Waals surface area contributed by atoms with E-state index >= 15 is 0 Å². The van der Waals surface area contributed by atoms with Crippen LogP contribution in [0.3, 0.4) is 0 Å². The van der Waals surface area contributed by atoms with Crippen LogP contribution in [0, 0.1) is 20.8 Å². The third-order valence-electron chi connectivity index (χ3n) is 4.90. The van der Waals surface area contributed by atoms with E-state index in [2.05, 4.69) is 66.8 Å². The number of benzene rings is 1. The van der Waals surface area contributed by atoms with Crippen LogP contribution in [-0.2, 0) is 14.0 Å². The standard InChI is InChI=1S/C20H34O3SSi/c1-14-12-15(2)19(16(3)13-14)24-18(11-10-17(21)22-7)23-25(8,9)20(4,5)6/h12-13,18H,10-11H2,1-9H3/t18-/m1/s1.